The monoisotopic (exact) mass is 449 g/mol. The zero-order valence-corrected chi connectivity index (χ0v) is 19.6. The number of nitrogens with one attached hydrogen (secondary N) is 1. The molecule has 1 heterocycles. The molecule has 2 aromatic rings. The Morgan fingerprint density at radius 1 is 0.939 bits per heavy atom. The Morgan fingerprint density at radius 3 is 2.33 bits per heavy atom. The summed E-state index contributed by atoms with van der Waals surface area (Å²) in [5, 5.41) is 3.00. The Hall–Kier alpha value is -3.02. The molecule has 2 aromatic carbocycles. The van der Waals surface area contributed by atoms with Gasteiger partial charge >= 0.3 is 0 Å². The van der Waals surface area contributed by atoms with Gasteiger partial charge in [0.25, 0.3) is 5.91 Å². The Kier molecular flexibility index (Phi) is 7.87. The van der Waals surface area contributed by atoms with Crippen LogP contribution in [0.15, 0.2) is 48.5 Å². The van der Waals surface area contributed by atoms with E-state index in [1.807, 2.05) is 48.2 Å². The molecule has 0 atom stereocenters. The van der Waals surface area contributed by atoms with Crippen molar-refractivity contribution >= 4 is 23.2 Å². The smallest absolute Gasteiger partial charge is 0.262 e. The Bertz CT molecular complexity index is 930. The molecule has 1 aliphatic heterocycles. The molecule has 6 heteroatoms. The van der Waals surface area contributed by atoms with Crippen LogP contribution in [0.25, 0.3) is 0 Å². The fraction of sp³-hybridized carbons (Fsp3) is 0.481. The van der Waals surface area contributed by atoms with Crippen LogP contribution in [0.5, 0.6) is 5.75 Å². The summed E-state index contributed by atoms with van der Waals surface area (Å²) in [7, 11) is 0. The van der Waals surface area contributed by atoms with Crippen molar-refractivity contribution in [3.63, 3.8) is 0 Å². The maximum atomic E-state index is 12.6. The van der Waals surface area contributed by atoms with Gasteiger partial charge in [-0.15, -0.1) is 0 Å². The quantitative estimate of drug-likeness (QED) is 0.659. The van der Waals surface area contributed by atoms with E-state index in [2.05, 4.69) is 22.3 Å². The summed E-state index contributed by atoms with van der Waals surface area (Å²) in [4.78, 5) is 28.7. The van der Waals surface area contributed by atoms with E-state index in [9.17, 15) is 9.59 Å². The van der Waals surface area contributed by atoms with Gasteiger partial charge in [0.2, 0.25) is 5.91 Å². The largest absolute Gasteiger partial charge is 0.484 e. The molecule has 0 radical (unpaired) electrons. The summed E-state index contributed by atoms with van der Waals surface area (Å²) in [6, 6.07) is 16.0. The van der Waals surface area contributed by atoms with Crippen molar-refractivity contribution in [2.45, 2.75) is 51.4 Å². The third-order valence-electron chi connectivity index (χ3n) is 6.78. The van der Waals surface area contributed by atoms with Gasteiger partial charge in [-0.2, -0.15) is 0 Å². The number of benzene rings is 2. The van der Waals surface area contributed by atoms with Gasteiger partial charge in [-0.3, -0.25) is 9.59 Å². The van der Waals surface area contributed by atoms with E-state index in [1.165, 1.54) is 37.7 Å². The van der Waals surface area contributed by atoms with Crippen molar-refractivity contribution in [3.05, 3.63) is 54.1 Å². The number of carbonyl (C=O) groups excluding carboxylic acids is 2. The van der Waals surface area contributed by atoms with E-state index in [1.54, 1.807) is 0 Å². The second-order valence-corrected chi connectivity index (χ2v) is 8.98. The molecule has 1 saturated carbocycles. The molecule has 1 saturated heterocycles. The lowest BCUT2D eigenvalue weighted by Crippen LogP contribution is -2.48. The summed E-state index contributed by atoms with van der Waals surface area (Å²) in [6.45, 7) is 4.78. The van der Waals surface area contributed by atoms with Crippen LogP contribution in [-0.2, 0) is 9.59 Å². The first-order chi connectivity index (χ1) is 16.1. The van der Waals surface area contributed by atoms with Crippen molar-refractivity contribution in [1.29, 1.82) is 0 Å². The van der Waals surface area contributed by atoms with Gasteiger partial charge in [0, 0.05) is 32.6 Å². The summed E-state index contributed by atoms with van der Waals surface area (Å²) in [6.07, 6.45) is 7.06. The standard InChI is InChI=1S/C27H35N3O3/c1-2-27(32)30-18-16-29(17-19-30)25-11-7-6-10-24(25)28-26(31)20-33-23-14-12-22(13-15-23)21-8-4-3-5-9-21/h6-7,10-15,21H,2-5,8-9,16-20H2,1H3,(H,28,31). The second-order valence-electron chi connectivity index (χ2n) is 8.98. The van der Waals surface area contributed by atoms with Crippen LogP contribution >= 0.6 is 0 Å². The van der Waals surface area contributed by atoms with E-state index in [0.29, 0.717) is 25.4 Å². The topological polar surface area (TPSA) is 61.9 Å². The lowest BCUT2D eigenvalue weighted by atomic mass is 9.84. The Labute approximate surface area is 196 Å². The number of amides is 2. The lowest BCUT2D eigenvalue weighted by Gasteiger charge is -2.36. The molecular weight excluding hydrogens is 414 g/mol. The van der Waals surface area contributed by atoms with Gasteiger partial charge in [0.1, 0.15) is 5.75 Å². The Morgan fingerprint density at radius 2 is 1.64 bits per heavy atom. The van der Waals surface area contributed by atoms with Crippen LogP contribution < -0.4 is 15.0 Å². The number of ether oxygens (including phenoxy) is 1. The molecule has 0 aromatic heterocycles. The van der Waals surface area contributed by atoms with Crippen LogP contribution in [0.3, 0.4) is 0 Å². The zero-order chi connectivity index (χ0) is 23.0. The molecular formula is C27H35N3O3. The molecule has 0 unspecified atom stereocenters. The average Bonchev–Trinajstić information content (AvgIpc) is 2.88. The maximum absolute atomic E-state index is 12.6. The van der Waals surface area contributed by atoms with Crippen molar-refractivity contribution in [3.8, 4) is 5.75 Å². The zero-order valence-electron chi connectivity index (χ0n) is 19.6. The third-order valence-corrected chi connectivity index (χ3v) is 6.78. The number of hydrogen-bond donors (Lipinski definition) is 1. The number of hydrogen-bond acceptors (Lipinski definition) is 4. The minimum atomic E-state index is -0.182. The lowest BCUT2D eigenvalue weighted by molar-refractivity contribution is -0.131. The molecule has 6 nitrogen and oxygen atoms in total. The van der Waals surface area contributed by atoms with Crippen molar-refractivity contribution < 1.29 is 14.3 Å². The van der Waals surface area contributed by atoms with Crippen LogP contribution in [0.4, 0.5) is 11.4 Å². The number of nitrogens with zero attached hydrogens (tertiary/aromatic N) is 2. The van der Waals surface area contributed by atoms with Gasteiger partial charge in [0.15, 0.2) is 6.61 Å². The fourth-order valence-corrected chi connectivity index (χ4v) is 4.88. The third kappa shape index (κ3) is 6.06. The molecule has 33 heavy (non-hydrogen) atoms. The van der Waals surface area contributed by atoms with Gasteiger partial charge < -0.3 is 19.9 Å². The highest BCUT2D eigenvalue weighted by Crippen LogP contribution is 2.33. The van der Waals surface area contributed by atoms with Crippen molar-refractivity contribution in [2.24, 2.45) is 0 Å². The number of rotatable bonds is 7. The number of piperazine rings is 1. The molecule has 0 bridgehead atoms. The van der Waals surface area contributed by atoms with Gasteiger partial charge in [-0.25, -0.2) is 0 Å². The maximum Gasteiger partial charge on any atom is 0.262 e. The number of carbonyl (C=O) groups is 2. The summed E-state index contributed by atoms with van der Waals surface area (Å²) in [5.41, 5.74) is 3.13. The molecule has 4 rings (SSSR count). The second kappa shape index (κ2) is 11.2. The molecule has 2 aliphatic rings. The average molecular weight is 450 g/mol. The van der Waals surface area contributed by atoms with Gasteiger partial charge in [0.05, 0.1) is 11.4 Å². The van der Waals surface area contributed by atoms with E-state index < -0.39 is 0 Å². The highest BCUT2D eigenvalue weighted by Gasteiger charge is 2.22. The van der Waals surface area contributed by atoms with E-state index in [4.69, 9.17) is 4.74 Å². The van der Waals surface area contributed by atoms with Crippen LogP contribution in [0.2, 0.25) is 0 Å². The normalized spacial score (nSPS) is 17.0. The number of para-hydroxylation sites is 2. The van der Waals surface area contributed by atoms with E-state index >= 15 is 0 Å². The highest BCUT2D eigenvalue weighted by atomic mass is 16.5. The molecule has 2 amide bonds. The minimum Gasteiger partial charge on any atom is -0.484 e. The first kappa shape index (κ1) is 23.1. The van der Waals surface area contributed by atoms with Crippen molar-refractivity contribution in [2.75, 3.05) is 43.0 Å². The summed E-state index contributed by atoms with van der Waals surface area (Å²) >= 11 is 0. The van der Waals surface area contributed by atoms with Crippen molar-refractivity contribution in [1.82, 2.24) is 4.90 Å². The molecule has 176 valence electrons. The van der Waals surface area contributed by atoms with Gasteiger partial charge in [-0.1, -0.05) is 50.5 Å². The fourth-order valence-electron chi connectivity index (χ4n) is 4.88. The molecule has 1 N–H and O–H groups in total. The van der Waals surface area contributed by atoms with E-state index in [-0.39, 0.29) is 18.4 Å². The molecule has 0 spiro atoms. The first-order valence-electron chi connectivity index (χ1n) is 12.3. The van der Waals surface area contributed by atoms with Crippen LogP contribution in [-0.4, -0.2) is 49.5 Å². The van der Waals surface area contributed by atoms with Gasteiger partial charge in [-0.05, 0) is 48.6 Å². The Balaban J connectivity index is 1.30. The summed E-state index contributed by atoms with van der Waals surface area (Å²) in [5.74, 6) is 1.39. The SMILES string of the molecule is CCC(=O)N1CCN(c2ccccc2NC(=O)COc2ccc(C3CCCCC3)cc2)CC1. The predicted molar refractivity (Wildman–Crippen MR) is 132 cm³/mol. The van der Waals surface area contributed by atoms with Crippen LogP contribution in [0.1, 0.15) is 56.9 Å². The molecule has 1 aliphatic carbocycles. The minimum absolute atomic E-state index is 0.0319. The first-order valence-corrected chi connectivity index (χ1v) is 12.3. The van der Waals surface area contributed by atoms with E-state index in [0.717, 1.165) is 30.2 Å². The summed E-state index contributed by atoms with van der Waals surface area (Å²) < 4.78 is 5.75. The highest BCUT2D eigenvalue weighted by molar-refractivity contribution is 5.95. The molecule has 2 fully saturated rings. The predicted octanol–water partition coefficient (Wildman–Crippen LogP) is 4.81. The number of anilines is 2. The van der Waals surface area contributed by atoms with Crippen LogP contribution in [0, 0.1) is 0 Å².